The van der Waals surface area contributed by atoms with Crippen molar-refractivity contribution in [3.63, 3.8) is 0 Å². The number of hydrogen-bond donors (Lipinski definition) is 3. The van der Waals surface area contributed by atoms with E-state index < -0.39 is 41.6 Å². The van der Waals surface area contributed by atoms with Crippen LogP contribution in [0.25, 0.3) is 11.1 Å². The Kier molecular flexibility index (Phi) is 5.49. The number of alkyl carbamates (subject to hydrolysis) is 1. The van der Waals surface area contributed by atoms with Crippen molar-refractivity contribution in [2.75, 3.05) is 6.61 Å². The second kappa shape index (κ2) is 8.28. The zero-order valence-electron chi connectivity index (χ0n) is 18.5. The predicted octanol–water partition coefficient (Wildman–Crippen LogP) is 3.83. The molecule has 0 heterocycles. The molecule has 1 unspecified atom stereocenters. The van der Waals surface area contributed by atoms with E-state index in [9.17, 15) is 32.7 Å². The zero-order valence-corrected chi connectivity index (χ0v) is 18.5. The fraction of sp³-hybridized carbons (Fsp3) is 0.400. The first-order valence-electron chi connectivity index (χ1n) is 11.3. The number of benzene rings is 2. The van der Waals surface area contributed by atoms with Crippen molar-refractivity contribution < 1.29 is 37.4 Å². The van der Waals surface area contributed by atoms with Crippen LogP contribution in [0.2, 0.25) is 0 Å². The number of nitrogens with one attached hydrogen (secondary N) is 2. The fourth-order valence-electron chi connectivity index (χ4n) is 5.60. The van der Waals surface area contributed by atoms with Gasteiger partial charge in [-0.2, -0.15) is 13.2 Å². The van der Waals surface area contributed by atoms with Crippen molar-refractivity contribution in [1.29, 1.82) is 0 Å². The van der Waals surface area contributed by atoms with Gasteiger partial charge in [0.1, 0.15) is 6.61 Å². The Bertz CT molecular complexity index is 1150. The van der Waals surface area contributed by atoms with Gasteiger partial charge in [0.25, 0.3) is 5.91 Å². The summed E-state index contributed by atoms with van der Waals surface area (Å²) in [5, 5.41) is 13.2. The van der Waals surface area contributed by atoms with Crippen molar-refractivity contribution >= 4 is 18.0 Å². The summed E-state index contributed by atoms with van der Waals surface area (Å²) in [4.78, 5) is 36.2. The Morgan fingerprint density at radius 3 is 2.17 bits per heavy atom. The number of carbonyl (C=O) groups is 3. The van der Waals surface area contributed by atoms with E-state index in [0.29, 0.717) is 12.8 Å². The van der Waals surface area contributed by atoms with Crippen LogP contribution in [0.1, 0.15) is 36.3 Å². The van der Waals surface area contributed by atoms with E-state index in [0.717, 1.165) is 22.3 Å². The number of carboxylic acids is 1. The first-order chi connectivity index (χ1) is 16.6. The van der Waals surface area contributed by atoms with E-state index in [1.807, 2.05) is 48.5 Å². The third-order valence-electron chi connectivity index (χ3n) is 7.38. The number of fused-ring (bicyclic) bond motifs is 4. The SMILES string of the molecule is O=C(NC(C(=O)N[C@H]1C[C@@H]2C[C@]2(C(=O)O)C1)C(F)(F)F)OCC1c2ccccc2-c2ccccc21. The lowest BCUT2D eigenvalue weighted by Crippen LogP contribution is -2.56. The normalized spacial score (nSPS) is 25.1. The zero-order chi connectivity index (χ0) is 25.0. The van der Waals surface area contributed by atoms with Gasteiger partial charge in [-0.15, -0.1) is 0 Å². The van der Waals surface area contributed by atoms with E-state index in [-0.39, 0.29) is 24.9 Å². The van der Waals surface area contributed by atoms with Crippen molar-refractivity contribution in [2.45, 2.75) is 43.4 Å². The summed E-state index contributed by atoms with van der Waals surface area (Å²) in [6, 6.07) is 11.6. The van der Waals surface area contributed by atoms with Crippen LogP contribution in [0.5, 0.6) is 0 Å². The highest BCUT2D eigenvalue weighted by atomic mass is 19.4. The first-order valence-corrected chi connectivity index (χ1v) is 11.3. The van der Waals surface area contributed by atoms with Crippen molar-refractivity contribution in [1.82, 2.24) is 10.6 Å². The molecule has 2 aromatic carbocycles. The summed E-state index contributed by atoms with van der Waals surface area (Å²) in [7, 11) is 0. The molecule has 3 aliphatic rings. The van der Waals surface area contributed by atoms with Gasteiger partial charge in [0.2, 0.25) is 6.04 Å². The van der Waals surface area contributed by atoms with Gasteiger partial charge >= 0.3 is 18.2 Å². The Hall–Kier alpha value is -3.56. The number of hydrogen-bond acceptors (Lipinski definition) is 4. The molecule has 0 aliphatic heterocycles. The van der Waals surface area contributed by atoms with E-state index in [1.165, 1.54) is 0 Å². The van der Waals surface area contributed by atoms with E-state index in [4.69, 9.17) is 4.74 Å². The molecule has 2 saturated carbocycles. The van der Waals surface area contributed by atoms with Crippen LogP contribution in [0.4, 0.5) is 18.0 Å². The molecule has 0 bridgehead atoms. The summed E-state index contributed by atoms with van der Waals surface area (Å²) in [6.45, 7) is -0.197. The molecule has 184 valence electrons. The van der Waals surface area contributed by atoms with Gasteiger partial charge in [-0.25, -0.2) is 4.79 Å². The summed E-state index contributed by atoms with van der Waals surface area (Å²) in [6.07, 6.45) is -5.57. The highest BCUT2D eigenvalue weighted by Gasteiger charge is 2.65. The van der Waals surface area contributed by atoms with Crippen LogP contribution in [-0.4, -0.2) is 47.9 Å². The van der Waals surface area contributed by atoms with Crippen LogP contribution >= 0.6 is 0 Å². The van der Waals surface area contributed by atoms with Crippen LogP contribution in [-0.2, 0) is 14.3 Å². The maximum absolute atomic E-state index is 13.6. The largest absolute Gasteiger partial charge is 0.481 e. The van der Waals surface area contributed by atoms with Gasteiger partial charge in [-0.05, 0) is 47.4 Å². The Morgan fingerprint density at radius 1 is 1.03 bits per heavy atom. The minimum absolute atomic E-state index is 0.0776. The molecule has 3 aliphatic carbocycles. The van der Waals surface area contributed by atoms with Gasteiger partial charge in [0, 0.05) is 12.0 Å². The quantitative estimate of drug-likeness (QED) is 0.574. The maximum atomic E-state index is 13.6. The lowest BCUT2D eigenvalue weighted by atomic mass is 9.98. The molecule has 5 rings (SSSR count). The van der Waals surface area contributed by atoms with Gasteiger partial charge < -0.3 is 20.5 Å². The second-order valence-electron chi connectivity index (χ2n) is 9.45. The molecule has 35 heavy (non-hydrogen) atoms. The molecule has 2 fully saturated rings. The topological polar surface area (TPSA) is 105 Å². The summed E-state index contributed by atoms with van der Waals surface area (Å²) in [5.41, 5.74) is 2.79. The average Bonchev–Trinajstić information content (AvgIpc) is 3.24. The van der Waals surface area contributed by atoms with Gasteiger partial charge in [-0.3, -0.25) is 9.59 Å². The fourth-order valence-corrected chi connectivity index (χ4v) is 5.60. The molecule has 7 nitrogen and oxygen atoms in total. The number of alkyl halides is 3. The number of halogens is 3. The van der Waals surface area contributed by atoms with E-state index in [2.05, 4.69) is 5.32 Å². The number of carbonyl (C=O) groups excluding carboxylic acids is 2. The molecular weight excluding hydrogens is 465 g/mol. The molecule has 10 heteroatoms. The average molecular weight is 488 g/mol. The molecule has 3 N–H and O–H groups in total. The molecule has 0 radical (unpaired) electrons. The van der Waals surface area contributed by atoms with Gasteiger partial charge in [-0.1, -0.05) is 48.5 Å². The monoisotopic (exact) mass is 488 g/mol. The van der Waals surface area contributed by atoms with Crippen LogP contribution < -0.4 is 10.6 Å². The smallest absolute Gasteiger partial charge is 0.417 e. The van der Waals surface area contributed by atoms with E-state index in [1.54, 1.807) is 5.32 Å². The lowest BCUT2D eigenvalue weighted by Gasteiger charge is -2.24. The number of carboxylic acid groups (broad SMARTS) is 1. The number of ether oxygens (including phenoxy) is 1. The number of amides is 2. The molecule has 2 aromatic rings. The molecule has 0 saturated heterocycles. The summed E-state index contributed by atoms with van der Waals surface area (Å²) >= 11 is 0. The standard InChI is InChI=1S/C25H23F3N2O5/c26-25(27,28)20(21(31)29-14-9-13-10-24(13,11-14)22(32)33)30-23(34)35-12-19-17-7-3-1-5-15(17)16-6-2-4-8-18(16)19/h1-8,13-14,19-20H,9-12H2,(H,29,31)(H,30,34)(H,32,33)/t13-,14+,20?,24+/m1/s1. The van der Waals surface area contributed by atoms with Crippen molar-refractivity contribution in [3.8, 4) is 11.1 Å². The molecule has 4 atom stereocenters. The molecule has 0 spiro atoms. The molecular formula is C25H23F3N2O5. The van der Waals surface area contributed by atoms with Crippen molar-refractivity contribution in [2.24, 2.45) is 11.3 Å². The molecule has 2 amide bonds. The van der Waals surface area contributed by atoms with E-state index >= 15 is 0 Å². The highest BCUT2D eigenvalue weighted by molar-refractivity contribution is 5.87. The van der Waals surface area contributed by atoms with Gasteiger partial charge in [0.05, 0.1) is 5.41 Å². The van der Waals surface area contributed by atoms with Gasteiger partial charge in [0.15, 0.2) is 0 Å². The predicted molar refractivity (Wildman–Crippen MR) is 117 cm³/mol. The maximum Gasteiger partial charge on any atom is 0.417 e. The number of rotatable bonds is 6. The summed E-state index contributed by atoms with van der Waals surface area (Å²) < 4.78 is 46.0. The minimum atomic E-state index is -5.05. The molecule has 0 aromatic heterocycles. The lowest BCUT2D eigenvalue weighted by molar-refractivity contribution is -0.168. The Morgan fingerprint density at radius 2 is 1.63 bits per heavy atom. The van der Waals surface area contributed by atoms with Crippen molar-refractivity contribution in [3.05, 3.63) is 59.7 Å². The third-order valence-corrected chi connectivity index (χ3v) is 7.38. The Labute approximate surface area is 198 Å². The van der Waals surface area contributed by atoms with Crippen LogP contribution in [0, 0.1) is 11.3 Å². The summed E-state index contributed by atoms with van der Waals surface area (Å²) in [5.74, 6) is -2.92. The van der Waals surface area contributed by atoms with Crippen LogP contribution in [0.15, 0.2) is 48.5 Å². The second-order valence-corrected chi connectivity index (χ2v) is 9.45. The number of aliphatic carboxylic acids is 1. The Balaban J connectivity index is 1.22. The highest BCUT2D eigenvalue weighted by Crippen LogP contribution is 2.63. The van der Waals surface area contributed by atoms with Crippen LogP contribution in [0.3, 0.4) is 0 Å². The third kappa shape index (κ3) is 4.11. The first kappa shape index (κ1) is 23.2. The minimum Gasteiger partial charge on any atom is -0.481 e.